The summed E-state index contributed by atoms with van der Waals surface area (Å²) < 4.78 is 5.33. The Labute approximate surface area is 190 Å². The highest BCUT2D eigenvalue weighted by atomic mass is 16.5. The van der Waals surface area contributed by atoms with E-state index >= 15 is 0 Å². The van der Waals surface area contributed by atoms with Gasteiger partial charge in [-0.1, -0.05) is 42.5 Å². The van der Waals surface area contributed by atoms with Gasteiger partial charge < -0.3 is 20.1 Å². The lowest BCUT2D eigenvalue weighted by atomic mass is 9.96. The molecule has 1 aromatic rings. The van der Waals surface area contributed by atoms with E-state index in [-0.39, 0.29) is 44.0 Å². The predicted octanol–water partition coefficient (Wildman–Crippen LogP) is 2.97. The van der Waals surface area contributed by atoms with Gasteiger partial charge in [0.2, 0.25) is 11.8 Å². The average molecular weight is 445 g/mol. The van der Waals surface area contributed by atoms with Crippen LogP contribution in [0.5, 0.6) is 0 Å². The number of aliphatic hydroxyl groups is 1. The first kappa shape index (κ1) is 25.6. The van der Waals surface area contributed by atoms with E-state index in [1.54, 1.807) is 18.7 Å². The van der Waals surface area contributed by atoms with Crippen LogP contribution in [0, 0.1) is 5.92 Å². The number of nitrogens with zero attached hydrogens (tertiary/aromatic N) is 1. The van der Waals surface area contributed by atoms with Crippen LogP contribution in [0.1, 0.15) is 57.9 Å². The van der Waals surface area contributed by atoms with Crippen molar-refractivity contribution in [3.8, 4) is 0 Å². The molecule has 0 radical (unpaired) electrons. The zero-order valence-corrected chi connectivity index (χ0v) is 19.2. The summed E-state index contributed by atoms with van der Waals surface area (Å²) in [5.74, 6) is -1.24. The van der Waals surface area contributed by atoms with E-state index in [1.807, 2.05) is 42.5 Å². The molecule has 0 aromatic heterocycles. The Kier molecular flexibility index (Phi) is 10.4. The molecule has 32 heavy (non-hydrogen) atoms. The quantitative estimate of drug-likeness (QED) is 0.520. The van der Waals surface area contributed by atoms with Crippen LogP contribution in [0.2, 0.25) is 0 Å². The van der Waals surface area contributed by atoms with Crippen molar-refractivity contribution in [2.24, 2.45) is 5.92 Å². The summed E-state index contributed by atoms with van der Waals surface area (Å²) in [5, 5.41) is 12.4. The summed E-state index contributed by atoms with van der Waals surface area (Å²) in [7, 11) is 0. The summed E-state index contributed by atoms with van der Waals surface area (Å²) in [5.41, 5.74) is 0.226. The Bertz CT molecular complexity index is 776. The molecular weight excluding hydrogens is 408 g/mol. The van der Waals surface area contributed by atoms with Crippen LogP contribution in [0.4, 0.5) is 0 Å². The third-order valence-corrected chi connectivity index (χ3v) is 5.38. The molecule has 0 saturated heterocycles. The van der Waals surface area contributed by atoms with Crippen molar-refractivity contribution < 1.29 is 24.2 Å². The van der Waals surface area contributed by atoms with Crippen LogP contribution in [0.3, 0.4) is 0 Å². The van der Waals surface area contributed by atoms with Gasteiger partial charge in [-0.25, -0.2) is 0 Å². The number of aliphatic hydroxyl groups excluding tert-OH is 1. The molecule has 7 nitrogen and oxygen atoms in total. The summed E-state index contributed by atoms with van der Waals surface area (Å²) in [6, 6.07) is 9.58. The Balaban J connectivity index is 2.12. The number of cyclic esters (lactones) is 1. The Morgan fingerprint density at radius 1 is 1.19 bits per heavy atom. The normalized spacial score (nSPS) is 20.0. The maximum Gasteiger partial charge on any atom is 0.305 e. The van der Waals surface area contributed by atoms with Crippen molar-refractivity contribution in [2.75, 3.05) is 19.8 Å². The molecule has 2 rings (SSSR count). The number of esters is 1. The van der Waals surface area contributed by atoms with Crippen molar-refractivity contribution >= 4 is 17.8 Å². The lowest BCUT2D eigenvalue weighted by molar-refractivity contribution is -0.147. The predicted molar refractivity (Wildman–Crippen MR) is 122 cm³/mol. The van der Waals surface area contributed by atoms with E-state index < -0.39 is 11.5 Å². The Morgan fingerprint density at radius 2 is 1.94 bits per heavy atom. The molecule has 1 heterocycles. The molecule has 176 valence electrons. The number of rotatable bonds is 6. The SMILES string of the molecule is CC1(C)COC(=O)CCCCC=CCC(CC(=O)N(CCO)Cc2ccccc2)C(=O)N1. The molecule has 0 spiro atoms. The number of amides is 2. The molecule has 0 fully saturated rings. The maximum atomic E-state index is 13.1. The van der Waals surface area contributed by atoms with Gasteiger partial charge in [0, 0.05) is 25.9 Å². The Morgan fingerprint density at radius 3 is 2.66 bits per heavy atom. The molecule has 2 amide bonds. The second-order valence-corrected chi connectivity index (χ2v) is 8.91. The number of nitrogens with one attached hydrogen (secondary N) is 1. The van der Waals surface area contributed by atoms with E-state index in [0.717, 1.165) is 24.8 Å². The fraction of sp³-hybridized carbons (Fsp3) is 0.560. The number of allylic oxidation sites excluding steroid dienone is 2. The second kappa shape index (κ2) is 13.0. The molecule has 1 atom stereocenters. The molecule has 1 aliphatic heterocycles. The largest absolute Gasteiger partial charge is 0.463 e. The van der Waals surface area contributed by atoms with Gasteiger partial charge in [-0.05, 0) is 45.1 Å². The molecule has 0 bridgehead atoms. The zero-order chi connectivity index (χ0) is 23.4. The minimum atomic E-state index is -0.739. The lowest BCUT2D eigenvalue weighted by Gasteiger charge is -2.29. The van der Waals surface area contributed by atoms with Crippen molar-refractivity contribution in [1.82, 2.24) is 10.2 Å². The van der Waals surface area contributed by atoms with Gasteiger partial charge in [0.05, 0.1) is 18.1 Å². The van der Waals surface area contributed by atoms with Gasteiger partial charge in [0.1, 0.15) is 6.61 Å². The minimum absolute atomic E-state index is 0.0406. The van der Waals surface area contributed by atoms with Crippen LogP contribution in [-0.2, 0) is 25.7 Å². The number of carbonyl (C=O) groups excluding carboxylic acids is 3. The van der Waals surface area contributed by atoms with E-state index in [4.69, 9.17) is 4.74 Å². The third kappa shape index (κ3) is 9.22. The smallest absolute Gasteiger partial charge is 0.305 e. The lowest BCUT2D eigenvalue weighted by Crippen LogP contribution is -2.50. The average Bonchev–Trinajstić information content (AvgIpc) is 2.75. The molecule has 1 unspecified atom stereocenters. The van der Waals surface area contributed by atoms with Crippen LogP contribution in [0.15, 0.2) is 42.5 Å². The number of hydrogen-bond donors (Lipinski definition) is 2. The second-order valence-electron chi connectivity index (χ2n) is 8.91. The van der Waals surface area contributed by atoms with Crippen molar-refractivity contribution in [1.29, 1.82) is 0 Å². The summed E-state index contributed by atoms with van der Waals surface area (Å²) in [4.78, 5) is 39.6. The highest BCUT2D eigenvalue weighted by molar-refractivity contribution is 5.86. The highest BCUT2D eigenvalue weighted by Crippen LogP contribution is 2.18. The third-order valence-electron chi connectivity index (χ3n) is 5.38. The summed E-state index contributed by atoms with van der Waals surface area (Å²) in [6.45, 7) is 4.12. The van der Waals surface area contributed by atoms with E-state index in [0.29, 0.717) is 19.4 Å². The van der Waals surface area contributed by atoms with Gasteiger partial charge in [-0.15, -0.1) is 0 Å². The first-order valence-corrected chi connectivity index (χ1v) is 11.4. The number of hydrogen-bond acceptors (Lipinski definition) is 5. The molecule has 1 aromatic carbocycles. The van der Waals surface area contributed by atoms with Crippen LogP contribution < -0.4 is 5.32 Å². The monoisotopic (exact) mass is 444 g/mol. The number of carbonyl (C=O) groups is 3. The van der Waals surface area contributed by atoms with Crippen LogP contribution >= 0.6 is 0 Å². The fourth-order valence-electron chi connectivity index (χ4n) is 3.55. The van der Waals surface area contributed by atoms with Gasteiger partial charge >= 0.3 is 5.97 Å². The standard InChI is InChI=1S/C25H36N2O5/c1-25(2)19-32-23(30)14-10-5-3-4-9-13-21(24(31)26-25)17-22(29)27(15-16-28)18-20-11-7-6-8-12-20/h4,6-9,11-12,21,28H,3,5,10,13-19H2,1-2H3,(H,26,31). The summed E-state index contributed by atoms with van der Waals surface area (Å²) in [6.07, 6.45) is 7.25. The molecule has 7 heteroatoms. The van der Waals surface area contributed by atoms with Crippen molar-refractivity contribution in [2.45, 2.75) is 64.5 Å². The van der Waals surface area contributed by atoms with Gasteiger partial charge in [0.25, 0.3) is 0 Å². The minimum Gasteiger partial charge on any atom is -0.463 e. The molecule has 0 saturated carbocycles. The highest BCUT2D eigenvalue weighted by Gasteiger charge is 2.29. The molecule has 2 N–H and O–H groups in total. The molecular formula is C25H36N2O5. The van der Waals surface area contributed by atoms with Crippen molar-refractivity contribution in [3.63, 3.8) is 0 Å². The van der Waals surface area contributed by atoms with E-state index in [1.165, 1.54) is 0 Å². The van der Waals surface area contributed by atoms with Crippen LogP contribution in [-0.4, -0.2) is 53.1 Å². The Hall–Kier alpha value is -2.67. The fourth-order valence-corrected chi connectivity index (χ4v) is 3.55. The van der Waals surface area contributed by atoms with Gasteiger partial charge in [0.15, 0.2) is 0 Å². The first-order chi connectivity index (χ1) is 15.3. The molecule has 0 aliphatic carbocycles. The van der Waals surface area contributed by atoms with E-state index in [9.17, 15) is 19.5 Å². The van der Waals surface area contributed by atoms with Gasteiger partial charge in [-0.2, -0.15) is 0 Å². The van der Waals surface area contributed by atoms with Crippen LogP contribution in [0.25, 0.3) is 0 Å². The topological polar surface area (TPSA) is 95.9 Å². The maximum absolute atomic E-state index is 13.1. The number of ether oxygens (including phenoxy) is 1. The number of benzene rings is 1. The summed E-state index contributed by atoms with van der Waals surface area (Å²) >= 11 is 0. The van der Waals surface area contributed by atoms with Crippen molar-refractivity contribution in [3.05, 3.63) is 48.0 Å². The first-order valence-electron chi connectivity index (χ1n) is 11.4. The zero-order valence-electron chi connectivity index (χ0n) is 19.2. The molecule has 1 aliphatic rings. The van der Waals surface area contributed by atoms with Gasteiger partial charge in [-0.3, -0.25) is 14.4 Å². The van der Waals surface area contributed by atoms with E-state index in [2.05, 4.69) is 5.32 Å².